The number of nitrogens with two attached hydrogens (primary N) is 1. The van der Waals surface area contributed by atoms with E-state index in [2.05, 4.69) is 26.2 Å². The van der Waals surface area contributed by atoms with Crippen molar-refractivity contribution in [3.63, 3.8) is 0 Å². The zero-order valence-corrected chi connectivity index (χ0v) is 12.4. The number of hydrazine groups is 1. The highest BCUT2D eigenvalue weighted by Gasteiger charge is 2.40. The number of hydrogen-bond donors (Lipinski definition) is 2. The van der Waals surface area contributed by atoms with Gasteiger partial charge in [0.25, 0.3) is 5.91 Å². The number of nitrogens with zero attached hydrogens (tertiary/aromatic N) is 1. The first-order valence-electron chi connectivity index (χ1n) is 6.87. The number of fused-ring (bicyclic) bond motifs is 1. The second kappa shape index (κ2) is 5.05. The summed E-state index contributed by atoms with van der Waals surface area (Å²) in [6, 6.07) is 4.34. The van der Waals surface area contributed by atoms with E-state index in [0.29, 0.717) is 0 Å². The van der Waals surface area contributed by atoms with Crippen molar-refractivity contribution in [2.45, 2.75) is 51.6 Å². The van der Waals surface area contributed by atoms with Gasteiger partial charge in [0.2, 0.25) is 0 Å². The SMILES string of the molecule is C[C@H]1CC(C)(C)N([C@@H](C)C(=O)NN)c2ccc(F)cc21. The Kier molecular flexibility index (Phi) is 3.73. The summed E-state index contributed by atoms with van der Waals surface area (Å²) >= 11 is 0. The summed E-state index contributed by atoms with van der Waals surface area (Å²) in [5, 5.41) is 0. The molecule has 1 aliphatic rings. The lowest BCUT2D eigenvalue weighted by Crippen LogP contribution is -2.58. The van der Waals surface area contributed by atoms with Crippen molar-refractivity contribution in [3.8, 4) is 0 Å². The second-order valence-electron chi connectivity index (χ2n) is 6.18. The summed E-state index contributed by atoms with van der Waals surface area (Å²) in [7, 11) is 0. The van der Waals surface area contributed by atoms with Gasteiger partial charge in [0.1, 0.15) is 11.9 Å². The minimum atomic E-state index is -0.410. The fourth-order valence-electron chi connectivity index (χ4n) is 3.39. The van der Waals surface area contributed by atoms with Crippen LogP contribution in [0.3, 0.4) is 0 Å². The lowest BCUT2D eigenvalue weighted by atomic mass is 9.79. The monoisotopic (exact) mass is 279 g/mol. The smallest absolute Gasteiger partial charge is 0.256 e. The predicted molar refractivity (Wildman–Crippen MR) is 77.8 cm³/mol. The molecular formula is C15H22FN3O. The number of carbonyl (C=O) groups excluding carboxylic acids is 1. The Balaban J connectivity index is 2.54. The number of amides is 1. The molecule has 110 valence electrons. The van der Waals surface area contributed by atoms with Crippen molar-refractivity contribution in [2.24, 2.45) is 5.84 Å². The van der Waals surface area contributed by atoms with E-state index < -0.39 is 6.04 Å². The van der Waals surface area contributed by atoms with Crippen LogP contribution < -0.4 is 16.2 Å². The van der Waals surface area contributed by atoms with Crippen LogP contribution in [-0.2, 0) is 4.79 Å². The number of halogens is 1. The summed E-state index contributed by atoms with van der Waals surface area (Å²) in [5.74, 6) is 5.01. The number of carbonyl (C=O) groups is 1. The van der Waals surface area contributed by atoms with E-state index in [0.717, 1.165) is 17.7 Å². The lowest BCUT2D eigenvalue weighted by molar-refractivity contribution is -0.122. The highest BCUT2D eigenvalue weighted by atomic mass is 19.1. The van der Waals surface area contributed by atoms with Gasteiger partial charge in [-0.05, 0) is 56.9 Å². The summed E-state index contributed by atoms with van der Waals surface area (Å²) in [6.45, 7) is 8.09. The highest BCUT2D eigenvalue weighted by molar-refractivity contribution is 5.85. The zero-order valence-electron chi connectivity index (χ0n) is 12.4. The van der Waals surface area contributed by atoms with E-state index in [9.17, 15) is 9.18 Å². The Morgan fingerprint density at radius 2 is 2.20 bits per heavy atom. The third-order valence-electron chi connectivity index (χ3n) is 4.15. The molecule has 0 saturated heterocycles. The Morgan fingerprint density at radius 3 is 2.80 bits per heavy atom. The molecule has 1 amide bonds. The first-order valence-corrected chi connectivity index (χ1v) is 6.87. The summed E-state index contributed by atoms with van der Waals surface area (Å²) < 4.78 is 13.5. The van der Waals surface area contributed by atoms with Gasteiger partial charge >= 0.3 is 0 Å². The number of hydrogen-bond acceptors (Lipinski definition) is 3. The molecule has 2 rings (SSSR count). The molecule has 20 heavy (non-hydrogen) atoms. The van der Waals surface area contributed by atoms with Gasteiger partial charge in [-0.25, -0.2) is 10.2 Å². The second-order valence-corrected chi connectivity index (χ2v) is 6.18. The Labute approximate surface area is 119 Å². The summed E-state index contributed by atoms with van der Waals surface area (Å²) in [6.07, 6.45) is 0.853. The number of benzene rings is 1. The molecule has 0 bridgehead atoms. The van der Waals surface area contributed by atoms with Crippen molar-refractivity contribution in [1.29, 1.82) is 0 Å². The van der Waals surface area contributed by atoms with E-state index in [1.807, 2.05) is 11.8 Å². The van der Waals surface area contributed by atoms with Crippen LogP contribution in [0, 0.1) is 5.82 Å². The largest absolute Gasteiger partial charge is 0.354 e. The standard InChI is InChI=1S/C15H22FN3O/c1-9-8-15(3,4)19(10(2)14(20)18-17)13-6-5-11(16)7-12(9)13/h5-7,9-10H,8,17H2,1-4H3,(H,18,20)/t9-,10-/m0/s1. The number of rotatable bonds is 2. The average Bonchev–Trinajstić information content (AvgIpc) is 2.37. The molecule has 1 aromatic carbocycles. The minimum Gasteiger partial charge on any atom is -0.354 e. The van der Waals surface area contributed by atoms with Gasteiger partial charge in [-0.1, -0.05) is 6.92 Å². The van der Waals surface area contributed by atoms with Crippen molar-refractivity contribution < 1.29 is 9.18 Å². The molecule has 2 atom stereocenters. The number of nitrogens with one attached hydrogen (secondary N) is 1. The Bertz CT molecular complexity index is 530. The molecule has 0 saturated carbocycles. The van der Waals surface area contributed by atoms with Gasteiger partial charge in [0.15, 0.2) is 0 Å². The quantitative estimate of drug-likeness (QED) is 0.496. The van der Waals surface area contributed by atoms with Crippen LogP contribution in [0.25, 0.3) is 0 Å². The van der Waals surface area contributed by atoms with Crippen LogP contribution in [0.5, 0.6) is 0 Å². The van der Waals surface area contributed by atoms with E-state index in [1.165, 1.54) is 6.07 Å². The van der Waals surface area contributed by atoms with Crippen LogP contribution >= 0.6 is 0 Å². The van der Waals surface area contributed by atoms with E-state index in [1.54, 1.807) is 12.1 Å². The topological polar surface area (TPSA) is 58.4 Å². The lowest BCUT2D eigenvalue weighted by Gasteiger charge is -2.49. The van der Waals surface area contributed by atoms with E-state index >= 15 is 0 Å². The van der Waals surface area contributed by atoms with Gasteiger partial charge in [0, 0.05) is 11.2 Å². The normalized spacial score (nSPS) is 22.1. The molecule has 1 aromatic rings. The van der Waals surface area contributed by atoms with Crippen molar-refractivity contribution in [1.82, 2.24) is 5.43 Å². The molecule has 5 heteroatoms. The van der Waals surface area contributed by atoms with Crippen LogP contribution in [0.4, 0.5) is 10.1 Å². The van der Waals surface area contributed by atoms with E-state index in [4.69, 9.17) is 5.84 Å². The maximum atomic E-state index is 13.5. The number of anilines is 1. The molecule has 0 aliphatic carbocycles. The van der Waals surface area contributed by atoms with Crippen molar-refractivity contribution >= 4 is 11.6 Å². The minimum absolute atomic E-state index is 0.198. The molecule has 1 heterocycles. The molecule has 3 N–H and O–H groups in total. The van der Waals surface area contributed by atoms with Gasteiger partial charge in [-0.15, -0.1) is 0 Å². The fourth-order valence-corrected chi connectivity index (χ4v) is 3.39. The van der Waals surface area contributed by atoms with Crippen LogP contribution in [0.2, 0.25) is 0 Å². The molecule has 0 fully saturated rings. The fraction of sp³-hybridized carbons (Fsp3) is 0.533. The maximum Gasteiger partial charge on any atom is 0.256 e. The Morgan fingerprint density at radius 1 is 1.55 bits per heavy atom. The molecule has 0 radical (unpaired) electrons. The predicted octanol–water partition coefficient (Wildman–Crippen LogP) is 2.30. The first kappa shape index (κ1) is 14.8. The van der Waals surface area contributed by atoms with Crippen LogP contribution in [-0.4, -0.2) is 17.5 Å². The molecule has 4 nitrogen and oxygen atoms in total. The first-order chi connectivity index (χ1) is 9.27. The van der Waals surface area contributed by atoms with Crippen LogP contribution in [0.1, 0.15) is 45.6 Å². The molecular weight excluding hydrogens is 257 g/mol. The Hall–Kier alpha value is -1.62. The summed E-state index contributed by atoms with van der Waals surface area (Å²) in [5.41, 5.74) is 3.85. The third kappa shape index (κ3) is 2.38. The maximum absolute atomic E-state index is 13.5. The molecule has 0 aromatic heterocycles. The highest BCUT2D eigenvalue weighted by Crippen LogP contribution is 2.44. The average molecular weight is 279 g/mol. The van der Waals surface area contributed by atoms with Crippen molar-refractivity contribution in [3.05, 3.63) is 29.6 Å². The molecule has 0 unspecified atom stereocenters. The van der Waals surface area contributed by atoms with Gasteiger partial charge in [0.05, 0.1) is 0 Å². The zero-order chi connectivity index (χ0) is 15.1. The van der Waals surface area contributed by atoms with Gasteiger partial charge in [-0.2, -0.15) is 0 Å². The molecule has 1 aliphatic heterocycles. The van der Waals surface area contributed by atoms with Crippen molar-refractivity contribution in [2.75, 3.05) is 4.90 Å². The van der Waals surface area contributed by atoms with Gasteiger partial charge < -0.3 is 4.90 Å². The summed E-state index contributed by atoms with van der Waals surface area (Å²) in [4.78, 5) is 13.9. The van der Waals surface area contributed by atoms with Gasteiger partial charge in [-0.3, -0.25) is 10.2 Å². The van der Waals surface area contributed by atoms with E-state index in [-0.39, 0.29) is 23.2 Å². The van der Waals surface area contributed by atoms with Crippen LogP contribution in [0.15, 0.2) is 18.2 Å². The third-order valence-corrected chi connectivity index (χ3v) is 4.15. The molecule has 0 spiro atoms.